The summed E-state index contributed by atoms with van der Waals surface area (Å²) in [5.41, 5.74) is 4.75. The van der Waals surface area contributed by atoms with Crippen molar-refractivity contribution in [2.75, 3.05) is 29.8 Å². The molecular formula is C25H31N3O3S2. The second-order valence-corrected chi connectivity index (χ2v) is 11.7. The SMILES string of the molecule is COc1ccc(N2C[C@@H](C)N[C@@H](C)C2)cc1NS(=O)(=O)c1ccc(-c2c(C)cccc2C)s1. The molecule has 0 amide bonds. The Balaban J connectivity index is 1.64. The number of methoxy groups -OCH3 is 1. The zero-order valence-corrected chi connectivity index (χ0v) is 21.3. The van der Waals surface area contributed by atoms with Crippen LogP contribution >= 0.6 is 11.3 Å². The van der Waals surface area contributed by atoms with E-state index in [2.05, 4.69) is 28.8 Å². The third kappa shape index (κ3) is 5.03. The van der Waals surface area contributed by atoms with Crippen LogP contribution in [0.2, 0.25) is 0 Å². The lowest BCUT2D eigenvalue weighted by atomic mass is 10.0. The molecule has 0 bridgehead atoms. The van der Waals surface area contributed by atoms with Crippen LogP contribution in [-0.4, -0.2) is 40.7 Å². The van der Waals surface area contributed by atoms with Crippen molar-refractivity contribution >= 4 is 32.7 Å². The minimum atomic E-state index is -3.77. The molecule has 2 heterocycles. The van der Waals surface area contributed by atoms with Gasteiger partial charge in [0.05, 0.1) is 12.8 Å². The number of anilines is 2. The number of rotatable bonds is 6. The van der Waals surface area contributed by atoms with Crippen LogP contribution < -0.4 is 19.7 Å². The Morgan fingerprint density at radius 2 is 1.70 bits per heavy atom. The highest BCUT2D eigenvalue weighted by molar-refractivity contribution is 7.94. The molecule has 176 valence electrons. The molecule has 1 aromatic heterocycles. The van der Waals surface area contributed by atoms with E-state index < -0.39 is 10.0 Å². The quantitative estimate of drug-likeness (QED) is 0.513. The van der Waals surface area contributed by atoms with E-state index in [1.165, 1.54) is 11.3 Å². The summed E-state index contributed by atoms with van der Waals surface area (Å²) >= 11 is 1.28. The zero-order valence-electron chi connectivity index (χ0n) is 19.7. The number of nitrogens with zero attached hydrogens (tertiary/aromatic N) is 1. The second-order valence-electron chi connectivity index (χ2n) is 8.75. The van der Waals surface area contributed by atoms with Gasteiger partial charge in [0.1, 0.15) is 9.96 Å². The molecular weight excluding hydrogens is 454 g/mol. The highest BCUT2D eigenvalue weighted by Gasteiger charge is 2.24. The summed E-state index contributed by atoms with van der Waals surface area (Å²) in [6, 6.07) is 16.0. The molecule has 1 fully saturated rings. The summed E-state index contributed by atoms with van der Waals surface area (Å²) in [6.45, 7) is 10.1. The lowest BCUT2D eigenvalue weighted by Gasteiger charge is -2.38. The number of aryl methyl sites for hydroxylation is 2. The summed E-state index contributed by atoms with van der Waals surface area (Å²) in [6.07, 6.45) is 0. The average molecular weight is 486 g/mol. The number of hydrogen-bond acceptors (Lipinski definition) is 6. The van der Waals surface area contributed by atoms with E-state index >= 15 is 0 Å². The van der Waals surface area contributed by atoms with Crippen LogP contribution in [0.3, 0.4) is 0 Å². The monoisotopic (exact) mass is 485 g/mol. The van der Waals surface area contributed by atoms with E-state index in [0.717, 1.165) is 40.3 Å². The number of sulfonamides is 1. The van der Waals surface area contributed by atoms with Gasteiger partial charge in [0.2, 0.25) is 0 Å². The molecule has 1 aliphatic rings. The van der Waals surface area contributed by atoms with Crippen molar-refractivity contribution in [1.29, 1.82) is 0 Å². The molecule has 0 saturated carbocycles. The fourth-order valence-corrected chi connectivity index (χ4v) is 7.05. The Morgan fingerprint density at radius 1 is 1.03 bits per heavy atom. The van der Waals surface area contributed by atoms with Gasteiger partial charge in [-0.05, 0) is 74.7 Å². The predicted molar refractivity (Wildman–Crippen MR) is 137 cm³/mol. The van der Waals surface area contributed by atoms with Crippen LogP contribution in [0, 0.1) is 13.8 Å². The molecule has 1 aliphatic heterocycles. The Hall–Kier alpha value is -2.55. The summed E-state index contributed by atoms with van der Waals surface area (Å²) in [7, 11) is -2.22. The van der Waals surface area contributed by atoms with Gasteiger partial charge >= 0.3 is 0 Å². The fourth-order valence-electron chi connectivity index (χ4n) is 4.51. The number of nitrogens with one attached hydrogen (secondary N) is 2. The molecule has 6 nitrogen and oxygen atoms in total. The van der Waals surface area contributed by atoms with Gasteiger partial charge in [0, 0.05) is 35.7 Å². The topological polar surface area (TPSA) is 70.7 Å². The molecule has 2 atom stereocenters. The molecule has 0 radical (unpaired) electrons. The number of benzene rings is 2. The van der Waals surface area contributed by atoms with Gasteiger partial charge < -0.3 is 15.0 Å². The largest absolute Gasteiger partial charge is 0.495 e. The Labute approximate surface area is 200 Å². The summed E-state index contributed by atoms with van der Waals surface area (Å²) in [4.78, 5) is 3.21. The van der Waals surface area contributed by atoms with Gasteiger partial charge in [-0.3, -0.25) is 4.72 Å². The normalized spacial score (nSPS) is 18.9. The summed E-state index contributed by atoms with van der Waals surface area (Å²) in [5.74, 6) is 0.491. The Kier molecular flexibility index (Phi) is 6.70. The van der Waals surface area contributed by atoms with Crippen LogP contribution in [0.4, 0.5) is 11.4 Å². The van der Waals surface area contributed by atoms with Crippen molar-refractivity contribution in [3.05, 3.63) is 59.7 Å². The van der Waals surface area contributed by atoms with E-state index in [0.29, 0.717) is 23.5 Å². The zero-order chi connectivity index (χ0) is 23.8. The van der Waals surface area contributed by atoms with E-state index in [1.807, 2.05) is 56.3 Å². The van der Waals surface area contributed by atoms with Crippen LogP contribution in [0.25, 0.3) is 10.4 Å². The molecule has 0 unspecified atom stereocenters. The highest BCUT2D eigenvalue weighted by atomic mass is 32.2. The lowest BCUT2D eigenvalue weighted by Crippen LogP contribution is -2.54. The van der Waals surface area contributed by atoms with E-state index in [9.17, 15) is 8.42 Å². The molecule has 0 spiro atoms. The second kappa shape index (κ2) is 9.37. The van der Waals surface area contributed by atoms with Crippen LogP contribution in [-0.2, 0) is 10.0 Å². The summed E-state index contributed by atoms with van der Waals surface area (Å²) in [5, 5.41) is 3.52. The van der Waals surface area contributed by atoms with Crippen LogP contribution in [0.15, 0.2) is 52.7 Å². The number of piperazine rings is 1. The Morgan fingerprint density at radius 3 is 2.33 bits per heavy atom. The number of ether oxygens (including phenoxy) is 1. The van der Waals surface area contributed by atoms with Crippen LogP contribution in [0.1, 0.15) is 25.0 Å². The van der Waals surface area contributed by atoms with Crippen molar-refractivity contribution in [1.82, 2.24) is 5.32 Å². The smallest absolute Gasteiger partial charge is 0.271 e. The van der Waals surface area contributed by atoms with Gasteiger partial charge in [-0.15, -0.1) is 11.3 Å². The van der Waals surface area contributed by atoms with Gasteiger partial charge in [-0.25, -0.2) is 8.42 Å². The average Bonchev–Trinajstić information content (AvgIpc) is 3.23. The van der Waals surface area contributed by atoms with Gasteiger partial charge in [-0.2, -0.15) is 0 Å². The molecule has 2 N–H and O–H groups in total. The summed E-state index contributed by atoms with van der Waals surface area (Å²) < 4.78 is 35.1. The van der Waals surface area contributed by atoms with Crippen molar-refractivity contribution < 1.29 is 13.2 Å². The maximum atomic E-state index is 13.3. The predicted octanol–water partition coefficient (Wildman–Crippen LogP) is 5.03. The van der Waals surface area contributed by atoms with E-state index in [-0.39, 0.29) is 4.21 Å². The maximum absolute atomic E-state index is 13.3. The molecule has 4 rings (SSSR count). The molecule has 33 heavy (non-hydrogen) atoms. The molecule has 0 aliphatic carbocycles. The van der Waals surface area contributed by atoms with Gasteiger partial charge in [-0.1, -0.05) is 18.2 Å². The minimum Gasteiger partial charge on any atom is -0.495 e. The van der Waals surface area contributed by atoms with Crippen molar-refractivity contribution in [2.45, 2.75) is 44.0 Å². The number of hydrogen-bond donors (Lipinski definition) is 2. The molecule has 8 heteroatoms. The standard InChI is InChI=1S/C25H31N3O3S2/c1-16-7-6-8-17(2)25(16)23-11-12-24(32-23)33(29,30)27-21-13-20(9-10-22(21)31-5)28-14-18(3)26-19(4)15-28/h6-13,18-19,26-27H,14-15H2,1-5H3/t18-,19+. The third-order valence-electron chi connectivity index (χ3n) is 5.92. The number of thiophene rings is 1. The van der Waals surface area contributed by atoms with E-state index in [1.54, 1.807) is 13.2 Å². The maximum Gasteiger partial charge on any atom is 0.271 e. The van der Waals surface area contributed by atoms with Crippen molar-refractivity contribution in [3.63, 3.8) is 0 Å². The van der Waals surface area contributed by atoms with Crippen molar-refractivity contribution in [2.24, 2.45) is 0 Å². The van der Waals surface area contributed by atoms with Gasteiger partial charge in [0.25, 0.3) is 10.0 Å². The van der Waals surface area contributed by atoms with Crippen LogP contribution in [0.5, 0.6) is 5.75 Å². The first-order chi connectivity index (χ1) is 15.7. The fraction of sp³-hybridized carbons (Fsp3) is 0.360. The third-order valence-corrected chi connectivity index (χ3v) is 8.88. The first-order valence-corrected chi connectivity index (χ1v) is 13.4. The lowest BCUT2D eigenvalue weighted by molar-refractivity contribution is 0.406. The molecule has 1 saturated heterocycles. The van der Waals surface area contributed by atoms with Crippen molar-refractivity contribution in [3.8, 4) is 16.2 Å². The minimum absolute atomic E-state index is 0.275. The first-order valence-electron chi connectivity index (χ1n) is 11.1. The molecule has 2 aromatic carbocycles. The highest BCUT2D eigenvalue weighted by Crippen LogP contribution is 2.37. The Bertz CT molecular complexity index is 1220. The first kappa shape index (κ1) is 23.6. The molecule has 3 aromatic rings. The van der Waals surface area contributed by atoms with E-state index in [4.69, 9.17) is 4.74 Å². The van der Waals surface area contributed by atoms with Gasteiger partial charge in [0.15, 0.2) is 0 Å².